The highest BCUT2D eigenvalue weighted by molar-refractivity contribution is 5.70. The number of rotatable bonds is 3. The number of hydrogen-bond donors (Lipinski definition) is 1. The lowest BCUT2D eigenvalue weighted by Crippen LogP contribution is -2.35. The van der Waals surface area contributed by atoms with Crippen molar-refractivity contribution in [3.05, 3.63) is 0 Å². The first-order valence-electron chi connectivity index (χ1n) is 5.00. The lowest BCUT2D eigenvalue weighted by Gasteiger charge is -2.19. The summed E-state index contributed by atoms with van der Waals surface area (Å²) in [6, 6.07) is 0.346. The third-order valence-electron chi connectivity index (χ3n) is 2.91. The van der Waals surface area contributed by atoms with Crippen molar-refractivity contribution in [3.63, 3.8) is 0 Å². The molecule has 2 rings (SSSR count). The molecule has 2 aliphatic rings. The highest BCUT2D eigenvalue weighted by Crippen LogP contribution is 2.32. The molecule has 13 heavy (non-hydrogen) atoms. The minimum absolute atomic E-state index is 0.136. The van der Waals surface area contributed by atoms with Crippen molar-refractivity contribution in [2.45, 2.75) is 37.8 Å². The third kappa shape index (κ3) is 1.50. The molecular weight excluding hydrogens is 168 g/mol. The van der Waals surface area contributed by atoms with Gasteiger partial charge in [-0.1, -0.05) is 0 Å². The molecule has 1 aliphatic heterocycles. The number of hydrogen-bond acceptors (Lipinski definition) is 3. The van der Waals surface area contributed by atoms with Gasteiger partial charge in [0, 0.05) is 6.54 Å². The topological polar surface area (TPSA) is 55.6 Å². The first-order valence-corrected chi connectivity index (χ1v) is 5.00. The molecule has 74 valence electrons. The summed E-state index contributed by atoms with van der Waals surface area (Å²) in [7, 11) is 0. The fraction of sp³-hybridized carbons (Fsp3) is 0.889. The Bertz CT molecular complexity index is 208. The Labute approximate surface area is 78.0 Å². The molecular formula is C9H16N2O2. The summed E-state index contributed by atoms with van der Waals surface area (Å²) in [5.41, 5.74) is 5.41. The van der Waals surface area contributed by atoms with Crippen molar-refractivity contribution in [2.24, 2.45) is 5.73 Å². The van der Waals surface area contributed by atoms with Crippen LogP contribution in [0.15, 0.2) is 0 Å². The number of ether oxygens (including phenoxy) is 1. The van der Waals surface area contributed by atoms with Crippen LogP contribution < -0.4 is 5.73 Å². The standard InChI is InChI=1S/C9H16N2O2/c10-5-2-6-11-7-3-1-4-8(7)13-9(11)12/h7-8H,1-6,10H2. The van der Waals surface area contributed by atoms with Crippen LogP contribution in [0.5, 0.6) is 0 Å². The monoisotopic (exact) mass is 184 g/mol. The molecule has 4 nitrogen and oxygen atoms in total. The Morgan fingerprint density at radius 3 is 3.15 bits per heavy atom. The molecule has 0 radical (unpaired) electrons. The minimum atomic E-state index is -0.136. The van der Waals surface area contributed by atoms with Crippen LogP contribution in [0.25, 0.3) is 0 Å². The van der Waals surface area contributed by atoms with Gasteiger partial charge < -0.3 is 15.4 Å². The number of nitrogens with two attached hydrogens (primary N) is 1. The number of nitrogens with zero attached hydrogens (tertiary/aromatic N) is 1. The van der Waals surface area contributed by atoms with Gasteiger partial charge in [0.1, 0.15) is 6.10 Å². The van der Waals surface area contributed by atoms with E-state index in [-0.39, 0.29) is 12.2 Å². The largest absolute Gasteiger partial charge is 0.444 e. The van der Waals surface area contributed by atoms with E-state index in [1.807, 2.05) is 4.90 Å². The van der Waals surface area contributed by atoms with E-state index >= 15 is 0 Å². The van der Waals surface area contributed by atoms with Crippen molar-refractivity contribution in [1.29, 1.82) is 0 Å². The quantitative estimate of drug-likeness (QED) is 0.702. The normalized spacial score (nSPS) is 32.1. The second-order valence-corrected chi connectivity index (χ2v) is 3.76. The summed E-state index contributed by atoms with van der Waals surface area (Å²) in [6.07, 6.45) is 4.23. The molecule has 1 heterocycles. The van der Waals surface area contributed by atoms with Gasteiger partial charge in [0.15, 0.2) is 0 Å². The van der Waals surface area contributed by atoms with Crippen LogP contribution >= 0.6 is 0 Å². The van der Waals surface area contributed by atoms with Gasteiger partial charge in [-0.15, -0.1) is 0 Å². The maximum atomic E-state index is 11.4. The fourth-order valence-electron chi connectivity index (χ4n) is 2.25. The maximum Gasteiger partial charge on any atom is 0.410 e. The van der Waals surface area contributed by atoms with Crippen molar-refractivity contribution in [2.75, 3.05) is 13.1 Å². The summed E-state index contributed by atoms with van der Waals surface area (Å²) < 4.78 is 5.24. The van der Waals surface area contributed by atoms with Gasteiger partial charge in [-0.05, 0) is 32.2 Å². The second-order valence-electron chi connectivity index (χ2n) is 3.76. The lowest BCUT2D eigenvalue weighted by molar-refractivity contribution is 0.130. The molecule has 2 N–H and O–H groups in total. The summed E-state index contributed by atoms with van der Waals surface area (Å²) in [5.74, 6) is 0. The molecule has 1 amide bonds. The summed E-state index contributed by atoms with van der Waals surface area (Å²) in [6.45, 7) is 1.40. The molecule has 1 saturated carbocycles. The lowest BCUT2D eigenvalue weighted by atomic mass is 10.2. The van der Waals surface area contributed by atoms with Crippen molar-refractivity contribution in [1.82, 2.24) is 4.90 Å². The Morgan fingerprint density at radius 1 is 1.54 bits per heavy atom. The van der Waals surface area contributed by atoms with Crippen LogP contribution in [0.2, 0.25) is 0 Å². The third-order valence-corrected chi connectivity index (χ3v) is 2.91. The smallest absolute Gasteiger partial charge is 0.410 e. The van der Waals surface area contributed by atoms with Crippen LogP contribution in [0.1, 0.15) is 25.7 Å². The van der Waals surface area contributed by atoms with Crippen LogP contribution in [0.3, 0.4) is 0 Å². The Kier molecular flexibility index (Phi) is 2.40. The highest BCUT2D eigenvalue weighted by atomic mass is 16.6. The maximum absolute atomic E-state index is 11.4. The molecule has 0 aromatic rings. The summed E-state index contributed by atoms with van der Waals surface area (Å²) in [4.78, 5) is 13.2. The van der Waals surface area contributed by atoms with Gasteiger partial charge >= 0.3 is 6.09 Å². The Hall–Kier alpha value is -0.770. The van der Waals surface area contributed by atoms with Gasteiger partial charge in [0.25, 0.3) is 0 Å². The van der Waals surface area contributed by atoms with Gasteiger partial charge in [-0.2, -0.15) is 0 Å². The molecule has 0 aromatic heterocycles. The van der Waals surface area contributed by atoms with E-state index in [1.54, 1.807) is 0 Å². The van der Waals surface area contributed by atoms with Crippen molar-refractivity contribution >= 4 is 6.09 Å². The number of carbonyl (C=O) groups is 1. The van der Waals surface area contributed by atoms with E-state index in [1.165, 1.54) is 6.42 Å². The summed E-state index contributed by atoms with van der Waals surface area (Å²) >= 11 is 0. The molecule has 1 saturated heterocycles. The molecule has 2 atom stereocenters. The zero-order chi connectivity index (χ0) is 9.26. The first kappa shape index (κ1) is 8.81. The molecule has 0 bridgehead atoms. The number of fused-ring (bicyclic) bond motifs is 1. The average Bonchev–Trinajstić information content (AvgIpc) is 2.62. The SMILES string of the molecule is NCCCN1C(=O)OC2CCCC21. The molecule has 2 unspecified atom stereocenters. The zero-order valence-electron chi connectivity index (χ0n) is 7.74. The van der Waals surface area contributed by atoms with Gasteiger partial charge in [-0.3, -0.25) is 0 Å². The Morgan fingerprint density at radius 2 is 2.38 bits per heavy atom. The minimum Gasteiger partial charge on any atom is -0.444 e. The van der Waals surface area contributed by atoms with Gasteiger partial charge in [-0.25, -0.2) is 4.79 Å². The van der Waals surface area contributed by atoms with Crippen LogP contribution in [0.4, 0.5) is 4.79 Å². The van der Waals surface area contributed by atoms with Crippen LogP contribution in [-0.2, 0) is 4.74 Å². The average molecular weight is 184 g/mol. The van der Waals surface area contributed by atoms with Crippen LogP contribution in [0, 0.1) is 0 Å². The zero-order valence-corrected chi connectivity index (χ0v) is 7.74. The van der Waals surface area contributed by atoms with Crippen molar-refractivity contribution in [3.8, 4) is 0 Å². The predicted molar refractivity (Wildman–Crippen MR) is 48.3 cm³/mol. The number of amides is 1. The van der Waals surface area contributed by atoms with Gasteiger partial charge in [0.2, 0.25) is 0 Å². The number of carbonyl (C=O) groups excluding carboxylic acids is 1. The van der Waals surface area contributed by atoms with E-state index < -0.39 is 0 Å². The first-order chi connectivity index (χ1) is 6.33. The summed E-state index contributed by atoms with van der Waals surface area (Å²) in [5, 5.41) is 0. The predicted octanol–water partition coefficient (Wildman–Crippen LogP) is 0.708. The Balaban J connectivity index is 1.96. The molecule has 0 spiro atoms. The molecule has 1 aliphatic carbocycles. The van der Waals surface area contributed by atoms with Gasteiger partial charge in [0.05, 0.1) is 6.04 Å². The van der Waals surface area contributed by atoms with Crippen molar-refractivity contribution < 1.29 is 9.53 Å². The van der Waals surface area contributed by atoms with E-state index in [0.29, 0.717) is 12.6 Å². The van der Waals surface area contributed by atoms with E-state index in [2.05, 4.69) is 0 Å². The molecule has 4 heteroatoms. The van der Waals surface area contributed by atoms with E-state index in [0.717, 1.165) is 25.8 Å². The van der Waals surface area contributed by atoms with E-state index in [4.69, 9.17) is 10.5 Å². The molecule has 2 fully saturated rings. The molecule has 0 aromatic carbocycles. The second kappa shape index (κ2) is 3.54. The fourth-order valence-corrected chi connectivity index (χ4v) is 2.25. The van der Waals surface area contributed by atoms with E-state index in [9.17, 15) is 4.79 Å². The highest BCUT2D eigenvalue weighted by Gasteiger charge is 2.43. The van der Waals surface area contributed by atoms with Crippen LogP contribution in [-0.4, -0.2) is 36.2 Å².